The molecule has 0 saturated carbocycles. The van der Waals surface area contributed by atoms with E-state index in [0.717, 1.165) is 30.8 Å². The quantitative estimate of drug-likeness (QED) is 0.621. The monoisotopic (exact) mass is 433 g/mol. The predicted molar refractivity (Wildman–Crippen MR) is 124 cm³/mol. The third kappa shape index (κ3) is 5.40. The fourth-order valence-corrected chi connectivity index (χ4v) is 4.60. The van der Waals surface area contributed by atoms with E-state index in [2.05, 4.69) is 10.2 Å². The first-order valence-electron chi connectivity index (χ1n) is 10.6. The maximum Gasteiger partial charge on any atom is 0.252 e. The Labute approximate surface area is 187 Å². The van der Waals surface area contributed by atoms with E-state index >= 15 is 0 Å². The van der Waals surface area contributed by atoms with E-state index in [4.69, 9.17) is 0 Å². The molecule has 0 atom stereocenters. The van der Waals surface area contributed by atoms with Crippen LogP contribution in [-0.4, -0.2) is 60.9 Å². The number of hydrogen-bond acceptors (Lipinski definition) is 4. The molecule has 1 fully saturated rings. The number of rotatable bonds is 7. The first-order valence-corrected chi connectivity index (χ1v) is 11.6. The zero-order valence-corrected chi connectivity index (χ0v) is 18.3. The lowest BCUT2D eigenvalue weighted by atomic mass is 9.90. The number of benzene rings is 2. The number of thiophene rings is 1. The second kappa shape index (κ2) is 10.4. The van der Waals surface area contributed by atoms with Gasteiger partial charge in [0.05, 0.1) is 5.92 Å². The molecule has 6 heteroatoms. The van der Waals surface area contributed by atoms with Crippen molar-refractivity contribution >= 4 is 23.2 Å². The minimum absolute atomic E-state index is 0.0244. The molecule has 0 spiro atoms. The average Bonchev–Trinajstić information content (AvgIpc) is 3.36. The molecule has 160 valence electrons. The predicted octanol–water partition coefficient (Wildman–Crippen LogP) is 3.45. The van der Waals surface area contributed by atoms with Gasteiger partial charge >= 0.3 is 0 Å². The first kappa shape index (κ1) is 21.3. The summed E-state index contributed by atoms with van der Waals surface area (Å²) in [6.45, 7) is 4.44. The molecule has 4 rings (SSSR count). The molecular weight excluding hydrogens is 406 g/mol. The molecule has 3 aromatic rings. The van der Waals surface area contributed by atoms with Crippen LogP contribution in [0.1, 0.15) is 27.4 Å². The van der Waals surface area contributed by atoms with E-state index in [0.29, 0.717) is 25.2 Å². The summed E-state index contributed by atoms with van der Waals surface area (Å²) in [5.41, 5.74) is 2.77. The van der Waals surface area contributed by atoms with Crippen molar-refractivity contribution in [2.45, 2.75) is 5.92 Å². The van der Waals surface area contributed by atoms with Crippen LogP contribution in [0.4, 0.5) is 0 Å². The van der Waals surface area contributed by atoms with Gasteiger partial charge in [-0.25, -0.2) is 0 Å². The van der Waals surface area contributed by atoms with E-state index in [1.807, 2.05) is 82.4 Å². The Morgan fingerprint density at radius 1 is 0.871 bits per heavy atom. The fraction of sp³-hybridized carbons (Fsp3) is 0.280. The second-order valence-electron chi connectivity index (χ2n) is 7.69. The van der Waals surface area contributed by atoms with Crippen LogP contribution < -0.4 is 5.32 Å². The van der Waals surface area contributed by atoms with Crippen molar-refractivity contribution in [2.24, 2.45) is 0 Å². The van der Waals surface area contributed by atoms with E-state index in [1.165, 1.54) is 11.3 Å². The van der Waals surface area contributed by atoms with E-state index in [-0.39, 0.29) is 17.7 Å². The van der Waals surface area contributed by atoms with Gasteiger partial charge in [0, 0.05) is 50.2 Å². The minimum Gasteiger partial charge on any atom is -0.351 e. The molecule has 1 aliphatic rings. The van der Waals surface area contributed by atoms with E-state index in [9.17, 15) is 9.59 Å². The average molecular weight is 434 g/mol. The zero-order chi connectivity index (χ0) is 21.5. The van der Waals surface area contributed by atoms with Crippen LogP contribution in [0, 0.1) is 0 Å². The smallest absolute Gasteiger partial charge is 0.252 e. The molecule has 0 radical (unpaired) electrons. The summed E-state index contributed by atoms with van der Waals surface area (Å²) in [7, 11) is 0. The largest absolute Gasteiger partial charge is 0.351 e. The molecule has 1 N–H and O–H groups in total. The summed E-state index contributed by atoms with van der Waals surface area (Å²) in [6, 6.07) is 21.9. The number of carbonyl (C=O) groups is 2. The van der Waals surface area contributed by atoms with Gasteiger partial charge in [0.1, 0.15) is 0 Å². The summed E-state index contributed by atoms with van der Waals surface area (Å²) in [6.07, 6.45) is 0. The summed E-state index contributed by atoms with van der Waals surface area (Å²) in [5.74, 6) is -0.148. The topological polar surface area (TPSA) is 52.7 Å². The van der Waals surface area contributed by atoms with E-state index < -0.39 is 0 Å². The van der Waals surface area contributed by atoms with Gasteiger partial charge in [-0.1, -0.05) is 60.7 Å². The molecule has 1 aromatic heterocycles. The number of nitrogens with one attached hydrogen (secondary N) is 1. The molecule has 2 heterocycles. The molecule has 0 unspecified atom stereocenters. The number of carbonyl (C=O) groups excluding carboxylic acids is 2. The van der Waals surface area contributed by atoms with Gasteiger partial charge in [-0.05, 0) is 22.6 Å². The Bertz CT molecular complexity index is 929. The van der Waals surface area contributed by atoms with Gasteiger partial charge in [-0.15, -0.1) is 0 Å². The third-order valence-electron chi connectivity index (χ3n) is 5.69. The highest BCUT2D eigenvalue weighted by molar-refractivity contribution is 7.08. The van der Waals surface area contributed by atoms with Crippen LogP contribution in [0.2, 0.25) is 0 Å². The van der Waals surface area contributed by atoms with Crippen molar-refractivity contribution in [1.82, 2.24) is 15.1 Å². The zero-order valence-electron chi connectivity index (χ0n) is 17.4. The normalized spacial score (nSPS) is 14.5. The van der Waals surface area contributed by atoms with Crippen LogP contribution in [0.3, 0.4) is 0 Å². The standard InChI is InChI=1S/C25H27N3O2S/c29-24(22-11-18-31-19-22)26-12-13-27-14-16-28(17-15-27)25(30)23(20-7-3-1-4-8-20)21-9-5-2-6-10-21/h1-11,18-19,23H,12-17H2,(H,26,29). The maximum atomic E-state index is 13.5. The minimum atomic E-state index is -0.279. The van der Waals surface area contributed by atoms with Gasteiger partial charge in [-0.2, -0.15) is 11.3 Å². The highest BCUT2D eigenvalue weighted by Gasteiger charge is 2.29. The Balaban J connectivity index is 1.33. The highest BCUT2D eigenvalue weighted by Crippen LogP contribution is 2.27. The lowest BCUT2D eigenvalue weighted by Crippen LogP contribution is -2.51. The number of nitrogens with zero attached hydrogens (tertiary/aromatic N) is 2. The van der Waals surface area contributed by atoms with Crippen LogP contribution in [0.25, 0.3) is 0 Å². The SMILES string of the molecule is O=C(NCCN1CCN(C(=O)C(c2ccccc2)c2ccccc2)CC1)c1ccsc1. The van der Waals surface area contributed by atoms with Crippen LogP contribution in [0.15, 0.2) is 77.5 Å². The van der Waals surface area contributed by atoms with Crippen molar-refractivity contribution in [2.75, 3.05) is 39.3 Å². The molecular formula is C25H27N3O2S. The third-order valence-corrected chi connectivity index (χ3v) is 6.38. The molecule has 31 heavy (non-hydrogen) atoms. The number of amides is 2. The highest BCUT2D eigenvalue weighted by atomic mass is 32.1. The Morgan fingerprint density at radius 3 is 2.03 bits per heavy atom. The van der Waals surface area contributed by atoms with Crippen molar-refractivity contribution < 1.29 is 9.59 Å². The number of hydrogen-bond donors (Lipinski definition) is 1. The summed E-state index contributed by atoms with van der Waals surface area (Å²) in [4.78, 5) is 29.8. The van der Waals surface area contributed by atoms with Crippen molar-refractivity contribution in [1.29, 1.82) is 0 Å². The van der Waals surface area contributed by atoms with Crippen molar-refractivity contribution in [3.05, 3.63) is 94.2 Å². The van der Waals surface area contributed by atoms with Gasteiger partial charge in [0.25, 0.3) is 5.91 Å². The molecule has 1 aliphatic heterocycles. The van der Waals surface area contributed by atoms with E-state index in [1.54, 1.807) is 0 Å². The Kier molecular flexibility index (Phi) is 7.12. The second-order valence-corrected chi connectivity index (χ2v) is 8.47. The van der Waals surface area contributed by atoms with Crippen LogP contribution in [-0.2, 0) is 4.79 Å². The molecule has 0 aliphatic carbocycles. The molecule has 0 bridgehead atoms. The number of piperazine rings is 1. The lowest BCUT2D eigenvalue weighted by Gasteiger charge is -2.36. The van der Waals surface area contributed by atoms with Crippen LogP contribution >= 0.6 is 11.3 Å². The molecule has 5 nitrogen and oxygen atoms in total. The summed E-state index contributed by atoms with van der Waals surface area (Å²) < 4.78 is 0. The van der Waals surface area contributed by atoms with Gasteiger partial charge in [0.15, 0.2) is 0 Å². The molecule has 2 aromatic carbocycles. The van der Waals surface area contributed by atoms with Gasteiger partial charge in [-0.3, -0.25) is 14.5 Å². The summed E-state index contributed by atoms with van der Waals surface area (Å²) >= 11 is 1.52. The fourth-order valence-electron chi connectivity index (χ4n) is 3.97. The Hall–Kier alpha value is -2.96. The molecule has 1 saturated heterocycles. The van der Waals surface area contributed by atoms with Gasteiger partial charge < -0.3 is 10.2 Å². The first-order chi connectivity index (χ1) is 15.2. The lowest BCUT2D eigenvalue weighted by molar-refractivity contribution is -0.133. The maximum absolute atomic E-state index is 13.5. The van der Waals surface area contributed by atoms with Gasteiger partial charge in [0.2, 0.25) is 5.91 Å². The molecule has 2 amide bonds. The van der Waals surface area contributed by atoms with Crippen molar-refractivity contribution in [3.63, 3.8) is 0 Å². The summed E-state index contributed by atoms with van der Waals surface area (Å²) in [5, 5.41) is 6.74. The van der Waals surface area contributed by atoms with Crippen LogP contribution in [0.5, 0.6) is 0 Å². The Morgan fingerprint density at radius 2 is 1.48 bits per heavy atom. The van der Waals surface area contributed by atoms with Crippen molar-refractivity contribution in [3.8, 4) is 0 Å².